The average molecular weight is 474 g/mol. The number of thiophene rings is 1. The van der Waals surface area contributed by atoms with Gasteiger partial charge in [-0.05, 0) is 42.5 Å². The molecule has 4 aromatic rings. The van der Waals surface area contributed by atoms with Crippen LogP contribution in [0.4, 0.5) is 0 Å². The number of amides is 2. The summed E-state index contributed by atoms with van der Waals surface area (Å²) in [7, 11) is 1.62. The molecule has 174 valence electrons. The Kier molecular flexibility index (Phi) is 5.87. The van der Waals surface area contributed by atoms with Crippen LogP contribution in [0, 0.1) is 0 Å². The van der Waals surface area contributed by atoms with E-state index in [2.05, 4.69) is 5.32 Å². The lowest BCUT2D eigenvalue weighted by Gasteiger charge is -2.44. The normalized spacial score (nSPS) is 17.6. The molecular formula is C27H27N3O3S. The van der Waals surface area contributed by atoms with Crippen LogP contribution in [-0.4, -0.2) is 40.5 Å². The summed E-state index contributed by atoms with van der Waals surface area (Å²) in [5.74, 6) is 0.436. The first-order valence-corrected chi connectivity index (χ1v) is 12.2. The summed E-state index contributed by atoms with van der Waals surface area (Å²) in [6, 6.07) is 21.6. The van der Waals surface area contributed by atoms with E-state index in [1.807, 2.05) is 83.6 Å². The van der Waals surface area contributed by atoms with Crippen LogP contribution in [0.15, 0.2) is 72.1 Å². The second-order valence-electron chi connectivity index (χ2n) is 8.76. The molecule has 6 nitrogen and oxygen atoms in total. The maximum Gasteiger partial charge on any atom is 0.271 e. The second-order valence-corrected chi connectivity index (χ2v) is 9.65. The van der Waals surface area contributed by atoms with Gasteiger partial charge in [0.05, 0.1) is 13.7 Å². The first-order valence-electron chi connectivity index (χ1n) is 11.3. The standard InChI is InChI=1S/C27H27N3O3S/c1-27(26(32)28-17-21-10-6-7-11-23(21)33-2)18-29-22(16-20-13-15-34-25(20)29)24(31)30(27)14-12-19-8-4-3-5-9-19/h3-11,13,15-16H,12,14,17-18H2,1-2H3,(H,28,32)/t27-/m1/s1. The zero-order valence-corrected chi connectivity index (χ0v) is 20.1. The van der Waals surface area contributed by atoms with Gasteiger partial charge < -0.3 is 19.5 Å². The van der Waals surface area contributed by atoms with E-state index in [1.54, 1.807) is 23.3 Å². The van der Waals surface area contributed by atoms with Gasteiger partial charge in [-0.1, -0.05) is 48.5 Å². The molecule has 0 radical (unpaired) electrons. The Balaban J connectivity index is 1.46. The second kappa shape index (κ2) is 8.99. The highest BCUT2D eigenvalue weighted by Gasteiger charge is 2.47. The van der Waals surface area contributed by atoms with Crippen molar-refractivity contribution in [3.8, 4) is 5.75 Å². The number of rotatable bonds is 7. The summed E-state index contributed by atoms with van der Waals surface area (Å²) in [4.78, 5) is 30.2. The van der Waals surface area contributed by atoms with Gasteiger partial charge in [0, 0.05) is 24.0 Å². The number of hydrogen-bond acceptors (Lipinski definition) is 4. The van der Waals surface area contributed by atoms with E-state index in [-0.39, 0.29) is 11.8 Å². The van der Waals surface area contributed by atoms with Gasteiger partial charge in [-0.25, -0.2) is 0 Å². The zero-order chi connectivity index (χ0) is 23.7. The Morgan fingerprint density at radius 3 is 2.68 bits per heavy atom. The molecule has 2 aromatic heterocycles. The monoisotopic (exact) mass is 473 g/mol. The van der Waals surface area contributed by atoms with Gasteiger partial charge in [-0.2, -0.15) is 0 Å². The molecule has 1 N–H and O–H groups in total. The van der Waals surface area contributed by atoms with Gasteiger partial charge in [0.15, 0.2) is 0 Å². The third-order valence-corrected chi connectivity index (χ3v) is 7.57. The smallest absolute Gasteiger partial charge is 0.271 e. The van der Waals surface area contributed by atoms with Crippen molar-refractivity contribution < 1.29 is 14.3 Å². The van der Waals surface area contributed by atoms with Gasteiger partial charge in [-0.3, -0.25) is 9.59 Å². The number of hydrogen-bond donors (Lipinski definition) is 1. The summed E-state index contributed by atoms with van der Waals surface area (Å²) >= 11 is 1.59. The van der Waals surface area contributed by atoms with E-state index in [0.29, 0.717) is 31.7 Å². The van der Waals surface area contributed by atoms with Crippen LogP contribution in [0.3, 0.4) is 0 Å². The number of ether oxygens (including phenoxy) is 1. The van der Waals surface area contributed by atoms with Crippen LogP contribution in [0.2, 0.25) is 0 Å². The fourth-order valence-electron chi connectivity index (χ4n) is 4.71. The quantitative estimate of drug-likeness (QED) is 0.430. The number of aromatic nitrogens is 1. The molecule has 0 fully saturated rings. The van der Waals surface area contributed by atoms with E-state index in [9.17, 15) is 9.59 Å². The molecule has 0 bridgehead atoms. The molecule has 7 heteroatoms. The van der Waals surface area contributed by atoms with Crippen LogP contribution in [0.1, 0.15) is 28.5 Å². The highest BCUT2D eigenvalue weighted by atomic mass is 32.1. The summed E-state index contributed by atoms with van der Waals surface area (Å²) < 4.78 is 7.43. The van der Waals surface area contributed by atoms with Crippen molar-refractivity contribution in [2.24, 2.45) is 0 Å². The molecule has 34 heavy (non-hydrogen) atoms. The fourth-order valence-corrected chi connectivity index (χ4v) is 5.60. The van der Waals surface area contributed by atoms with Gasteiger partial charge in [0.1, 0.15) is 21.8 Å². The molecule has 1 aliphatic rings. The summed E-state index contributed by atoms with van der Waals surface area (Å²) in [5.41, 5.74) is 1.64. The lowest BCUT2D eigenvalue weighted by atomic mass is 9.94. The maximum atomic E-state index is 13.7. The maximum absolute atomic E-state index is 13.7. The predicted octanol–water partition coefficient (Wildman–Crippen LogP) is 4.49. The molecule has 3 heterocycles. The number of benzene rings is 2. The molecule has 0 unspecified atom stereocenters. The van der Waals surface area contributed by atoms with Gasteiger partial charge in [0.25, 0.3) is 5.91 Å². The van der Waals surface area contributed by atoms with Crippen molar-refractivity contribution in [3.63, 3.8) is 0 Å². The van der Waals surface area contributed by atoms with Crippen molar-refractivity contribution in [1.82, 2.24) is 14.8 Å². The molecule has 0 saturated heterocycles. The molecule has 5 rings (SSSR count). The molecular weight excluding hydrogens is 446 g/mol. The minimum absolute atomic E-state index is 0.111. The molecule has 2 amide bonds. The summed E-state index contributed by atoms with van der Waals surface area (Å²) in [6.45, 7) is 3.06. The Hall–Kier alpha value is -3.58. The lowest BCUT2D eigenvalue weighted by molar-refractivity contribution is -0.133. The Labute approximate surface area is 202 Å². The number of para-hydroxylation sites is 1. The Bertz CT molecular complexity index is 1340. The van der Waals surface area contributed by atoms with E-state index in [0.717, 1.165) is 27.1 Å². The van der Waals surface area contributed by atoms with Crippen LogP contribution in [-0.2, 0) is 24.3 Å². The van der Waals surface area contributed by atoms with E-state index >= 15 is 0 Å². The van der Waals surface area contributed by atoms with Crippen LogP contribution in [0.5, 0.6) is 5.75 Å². The van der Waals surface area contributed by atoms with Crippen LogP contribution >= 0.6 is 11.3 Å². The number of carbonyl (C=O) groups is 2. The predicted molar refractivity (Wildman–Crippen MR) is 134 cm³/mol. The van der Waals surface area contributed by atoms with Gasteiger partial charge in [0.2, 0.25) is 5.91 Å². The highest BCUT2D eigenvalue weighted by Crippen LogP contribution is 2.34. The van der Waals surface area contributed by atoms with Crippen molar-refractivity contribution >= 4 is 33.4 Å². The summed E-state index contributed by atoms with van der Waals surface area (Å²) in [5, 5.41) is 6.13. The minimum atomic E-state index is -1.03. The number of nitrogens with zero attached hydrogens (tertiary/aromatic N) is 2. The Morgan fingerprint density at radius 2 is 1.88 bits per heavy atom. The third-order valence-electron chi connectivity index (χ3n) is 6.62. The number of methoxy groups -OCH3 is 1. The number of fused-ring (bicyclic) bond motifs is 3. The molecule has 2 aromatic carbocycles. The van der Waals surface area contributed by atoms with Gasteiger partial charge >= 0.3 is 0 Å². The van der Waals surface area contributed by atoms with E-state index < -0.39 is 5.54 Å². The van der Waals surface area contributed by atoms with Crippen LogP contribution < -0.4 is 10.1 Å². The average Bonchev–Trinajstić information content (AvgIpc) is 3.45. The van der Waals surface area contributed by atoms with Crippen molar-refractivity contribution in [1.29, 1.82) is 0 Å². The van der Waals surface area contributed by atoms with Crippen molar-refractivity contribution in [2.75, 3.05) is 13.7 Å². The molecule has 0 spiro atoms. The summed E-state index contributed by atoms with van der Waals surface area (Å²) in [6.07, 6.45) is 0.678. The highest BCUT2D eigenvalue weighted by molar-refractivity contribution is 7.16. The molecule has 1 aliphatic heterocycles. The zero-order valence-electron chi connectivity index (χ0n) is 19.3. The largest absolute Gasteiger partial charge is 0.496 e. The van der Waals surface area contributed by atoms with Crippen LogP contribution in [0.25, 0.3) is 10.2 Å². The minimum Gasteiger partial charge on any atom is -0.496 e. The number of nitrogens with one attached hydrogen (secondary N) is 1. The van der Waals surface area contributed by atoms with Crippen molar-refractivity contribution in [3.05, 3.63) is 88.9 Å². The molecule has 0 saturated carbocycles. The third kappa shape index (κ3) is 3.86. The van der Waals surface area contributed by atoms with E-state index in [4.69, 9.17) is 4.74 Å². The van der Waals surface area contributed by atoms with E-state index in [1.165, 1.54) is 0 Å². The molecule has 1 atom stereocenters. The molecule has 0 aliphatic carbocycles. The first-order chi connectivity index (χ1) is 16.5. The SMILES string of the molecule is COc1ccccc1CNC(=O)[C@@]1(C)Cn2c(cc3ccsc32)C(=O)N1CCc1ccccc1. The van der Waals surface area contributed by atoms with Gasteiger partial charge in [-0.15, -0.1) is 11.3 Å². The lowest BCUT2D eigenvalue weighted by Crippen LogP contribution is -2.64. The first kappa shape index (κ1) is 22.2. The Morgan fingerprint density at radius 1 is 1.12 bits per heavy atom. The van der Waals surface area contributed by atoms with Crippen molar-refractivity contribution in [2.45, 2.75) is 32.0 Å². The number of carbonyl (C=O) groups excluding carboxylic acids is 2. The topological polar surface area (TPSA) is 63.6 Å². The fraction of sp³-hybridized carbons (Fsp3) is 0.259.